The molecule has 7 nitrogen and oxygen atoms in total. The van der Waals surface area contributed by atoms with Crippen molar-refractivity contribution in [2.75, 3.05) is 0 Å². The highest BCUT2D eigenvalue weighted by Crippen LogP contribution is 2.21. The van der Waals surface area contributed by atoms with Crippen molar-refractivity contribution < 1.29 is 9.34 Å². The molecule has 1 N–H and O–H groups in total. The van der Waals surface area contributed by atoms with Gasteiger partial charge in [0, 0.05) is 23.9 Å². The van der Waals surface area contributed by atoms with Gasteiger partial charge in [0.25, 0.3) is 10.5 Å². The van der Waals surface area contributed by atoms with E-state index >= 15 is 0 Å². The highest BCUT2D eigenvalue weighted by molar-refractivity contribution is 7.71. The molecule has 0 aliphatic carbocycles. The summed E-state index contributed by atoms with van der Waals surface area (Å²) in [6.45, 7) is 0. The zero-order chi connectivity index (χ0) is 16.2. The van der Waals surface area contributed by atoms with Crippen LogP contribution in [0.25, 0.3) is 11.5 Å². The maximum Gasteiger partial charge on any atom is 0.284 e. The monoisotopic (exact) mass is 326 g/mol. The Labute approximate surface area is 135 Å². The van der Waals surface area contributed by atoms with E-state index in [1.54, 1.807) is 42.6 Å². The fourth-order valence-electron chi connectivity index (χ4n) is 1.91. The fourth-order valence-corrected chi connectivity index (χ4v) is 2.04. The topological polar surface area (TPSA) is 97.3 Å². The van der Waals surface area contributed by atoms with Crippen molar-refractivity contribution in [2.24, 2.45) is 4.99 Å². The van der Waals surface area contributed by atoms with E-state index in [4.69, 9.17) is 16.6 Å². The summed E-state index contributed by atoms with van der Waals surface area (Å²) < 4.78 is 5.22. The van der Waals surface area contributed by atoms with Gasteiger partial charge in [-0.1, -0.05) is 12.1 Å². The highest BCUT2D eigenvalue weighted by atomic mass is 32.1. The number of nitrogens with one attached hydrogen (secondary N) is 1. The maximum absolute atomic E-state index is 10.7. The summed E-state index contributed by atoms with van der Waals surface area (Å²) in [5.74, 6) is 0.407. The summed E-state index contributed by atoms with van der Waals surface area (Å²) in [7, 11) is 0. The lowest BCUT2D eigenvalue weighted by Crippen LogP contribution is -1.89. The number of nitro groups is 1. The Morgan fingerprint density at radius 3 is 2.70 bits per heavy atom. The molecule has 114 valence electrons. The number of nitrogens with zero attached hydrogens (tertiary/aromatic N) is 3. The molecular formula is C15H10N4O3S. The Morgan fingerprint density at radius 2 is 2.04 bits per heavy atom. The van der Waals surface area contributed by atoms with Crippen LogP contribution in [0.3, 0.4) is 0 Å². The molecule has 0 aliphatic heterocycles. The second-order valence-electron chi connectivity index (χ2n) is 4.58. The van der Waals surface area contributed by atoms with Gasteiger partial charge in [0.1, 0.15) is 0 Å². The molecule has 0 amide bonds. The van der Waals surface area contributed by atoms with Gasteiger partial charge in [0.15, 0.2) is 0 Å². The van der Waals surface area contributed by atoms with Crippen molar-refractivity contribution in [3.05, 3.63) is 69.0 Å². The molecule has 2 aromatic carbocycles. The Bertz CT molecular complexity index is 928. The van der Waals surface area contributed by atoms with Crippen molar-refractivity contribution >= 4 is 29.8 Å². The van der Waals surface area contributed by atoms with Gasteiger partial charge in [-0.15, -0.1) is 5.10 Å². The molecule has 23 heavy (non-hydrogen) atoms. The van der Waals surface area contributed by atoms with Crippen LogP contribution in [0.15, 0.2) is 57.9 Å². The van der Waals surface area contributed by atoms with E-state index in [0.717, 1.165) is 5.56 Å². The van der Waals surface area contributed by atoms with E-state index in [9.17, 15) is 10.1 Å². The molecule has 0 aliphatic rings. The number of nitro benzene ring substituents is 1. The predicted octanol–water partition coefficient (Wildman–Crippen LogP) is 4.06. The van der Waals surface area contributed by atoms with Crippen LogP contribution in [0.4, 0.5) is 11.4 Å². The molecule has 3 aromatic rings. The first-order chi connectivity index (χ1) is 11.1. The van der Waals surface area contributed by atoms with Crippen LogP contribution in [-0.4, -0.2) is 21.3 Å². The van der Waals surface area contributed by atoms with Crippen LogP contribution in [0.5, 0.6) is 0 Å². The fraction of sp³-hybridized carbons (Fsp3) is 0. The molecule has 0 spiro atoms. The number of hydrogen-bond acceptors (Lipinski definition) is 6. The predicted molar refractivity (Wildman–Crippen MR) is 87.5 cm³/mol. The van der Waals surface area contributed by atoms with Gasteiger partial charge in [-0.05, 0) is 42.0 Å². The van der Waals surface area contributed by atoms with Crippen molar-refractivity contribution in [3.63, 3.8) is 0 Å². The molecule has 3 rings (SSSR count). The lowest BCUT2D eigenvalue weighted by Gasteiger charge is -1.97. The van der Waals surface area contributed by atoms with E-state index < -0.39 is 4.92 Å². The Kier molecular flexibility index (Phi) is 4.07. The van der Waals surface area contributed by atoms with Crippen LogP contribution in [0.2, 0.25) is 0 Å². The average molecular weight is 326 g/mol. The van der Waals surface area contributed by atoms with E-state index in [0.29, 0.717) is 17.1 Å². The number of aromatic nitrogens is 2. The number of H-pyrrole nitrogens is 1. The summed E-state index contributed by atoms with van der Waals surface area (Å²) in [4.78, 5) is 14.8. The number of aromatic amines is 1. The van der Waals surface area contributed by atoms with E-state index in [2.05, 4.69) is 15.2 Å². The van der Waals surface area contributed by atoms with E-state index in [-0.39, 0.29) is 10.5 Å². The van der Waals surface area contributed by atoms with Crippen molar-refractivity contribution in [1.82, 2.24) is 10.2 Å². The smallest absolute Gasteiger partial charge is 0.284 e. The Balaban J connectivity index is 1.79. The Morgan fingerprint density at radius 1 is 1.26 bits per heavy atom. The maximum atomic E-state index is 10.7. The number of benzene rings is 2. The minimum Gasteiger partial charge on any atom is -0.409 e. The number of rotatable bonds is 4. The lowest BCUT2D eigenvalue weighted by atomic mass is 10.2. The highest BCUT2D eigenvalue weighted by Gasteiger charge is 2.05. The second-order valence-corrected chi connectivity index (χ2v) is 4.95. The van der Waals surface area contributed by atoms with Crippen LogP contribution in [0.1, 0.15) is 5.56 Å². The first-order valence-electron chi connectivity index (χ1n) is 6.56. The third-order valence-electron chi connectivity index (χ3n) is 3.00. The quantitative estimate of drug-likeness (QED) is 0.337. The van der Waals surface area contributed by atoms with Gasteiger partial charge in [-0.3, -0.25) is 15.1 Å². The van der Waals surface area contributed by atoms with Crippen molar-refractivity contribution in [3.8, 4) is 11.5 Å². The molecule has 1 heterocycles. The number of non-ortho nitro benzene ring substituents is 1. The molecule has 0 saturated heterocycles. The van der Waals surface area contributed by atoms with Crippen LogP contribution in [-0.2, 0) is 0 Å². The SMILES string of the molecule is O=[N+]([O-])c1cccc(C=Nc2ccc(-c3n[nH]c(=S)o3)cc2)c1. The van der Waals surface area contributed by atoms with Gasteiger partial charge in [-0.2, -0.15) is 0 Å². The van der Waals surface area contributed by atoms with E-state index in [1.165, 1.54) is 12.1 Å². The summed E-state index contributed by atoms with van der Waals surface area (Å²) in [6, 6.07) is 13.4. The number of hydrogen-bond donors (Lipinski definition) is 1. The molecule has 0 saturated carbocycles. The van der Waals surface area contributed by atoms with Gasteiger partial charge in [-0.25, -0.2) is 5.10 Å². The first kappa shape index (κ1) is 14.8. The normalized spacial score (nSPS) is 11.0. The van der Waals surface area contributed by atoms with Gasteiger partial charge >= 0.3 is 0 Å². The van der Waals surface area contributed by atoms with Crippen molar-refractivity contribution in [2.45, 2.75) is 0 Å². The van der Waals surface area contributed by atoms with Crippen LogP contribution < -0.4 is 0 Å². The van der Waals surface area contributed by atoms with Gasteiger partial charge < -0.3 is 4.42 Å². The van der Waals surface area contributed by atoms with Gasteiger partial charge in [0.2, 0.25) is 5.89 Å². The molecular weight excluding hydrogens is 316 g/mol. The lowest BCUT2D eigenvalue weighted by molar-refractivity contribution is -0.384. The minimum atomic E-state index is -0.438. The van der Waals surface area contributed by atoms with Crippen LogP contribution in [0, 0.1) is 15.0 Å². The molecule has 0 unspecified atom stereocenters. The molecule has 0 fully saturated rings. The minimum absolute atomic E-state index is 0.0316. The van der Waals surface area contributed by atoms with E-state index in [1.807, 2.05) is 0 Å². The summed E-state index contributed by atoms with van der Waals surface area (Å²) in [5.41, 5.74) is 2.16. The molecule has 0 atom stereocenters. The Hall–Kier alpha value is -3.13. The van der Waals surface area contributed by atoms with Crippen molar-refractivity contribution in [1.29, 1.82) is 0 Å². The summed E-state index contributed by atoms with van der Waals surface area (Å²) in [6.07, 6.45) is 1.57. The first-order valence-corrected chi connectivity index (χ1v) is 6.97. The average Bonchev–Trinajstić information content (AvgIpc) is 3.00. The summed E-state index contributed by atoms with van der Waals surface area (Å²) >= 11 is 4.83. The largest absolute Gasteiger partial charge is 0.409 e. The zero-order valence-electron chi connectivity index (χ0n) is 11.7. The third-order valence-corrected chi connectivity index (χ3v) is 3.17. The van der Waals surface area contributed by atoms with Gasteiger partial charge in [0.05, 0.1) is 10.6 Å². The third kappa shape index (κ3) is 3.55. The molecule has 8 heteroatoms. The summed E-state index contributed by atoms with van der Waals surface area (Å²) in [5, 5.41) is 17.2. The molecule has 0 radical (unpaired) electrons. The number of aliphatic imine (C=N–C) groups is 1. The zero-order valence-corrected chi connectivity index (χ0v) is 12.5. The van der Waals surface area contributed by atoms with Crippen LogP contribution >= 0.6 is 12.2 Å². The standard InChI is InChI=1S/C15H10N4O3S/c20-19(21)13-3-1-2-10(8-13)9-16-12-6-4-11(5-7-12)14-17-18-15(23)22-14/h1-9H,(H,18,23). The second kappa shape index (κ2) is 6.32. The molecule has 0 bridgehead atoms. The molecule has 1 aromatic heterocycles.